The van der Waals surface area contributed by atoms with Gasteiger partial charge in [-0.25, -0.2) is 0 Å². The summed E-state index contributed by atoms with van der Waals surface area (Å²) in [4.78, 5) is 11.1. The van der Waals surface area contributed by atoms with Crippen molar-refractivity contribution in [3.05, 3.63) is 29.3 Å². The van der Waals surface area contributed by atoms with Crippen LogP contribution in [0, 0.1) is 0 Å². The Bertz CT molecular complexity index is 413. The van der Waals surface area contributed by atoms with Crippen molar-refractivity contribution < 1.29 is 27.8 Å². The number of carbonyl (C=O) groups is 1. The van der Waals surface area contributed by atoms with E-state index in [1.165, 1.54) is 6.07 Å². The Balaban J connectivity index is 3.08. The second kappa shape index (κ2) is 5.07. The van der Waals surface area contributed by atoms with Crippen LogP contribution in [-0.2, 0) is 22.1 Å². The van der Waals surface area contributed by atoms with Crippen molar-refractivity contribution in [3.8, 4) is 5.75 Å². The van der Waals surface area contributed by atoms with Gasteiger partial charge in [0.1, 0.15) is 11.3 Å². The van der Waals surface area contributed by atoms with Crippen LogP contribution in [0.5, 0.6) is 5.75 Å². The highest BCUT2D eigenvalue weighted by molar-refractivity contribution is 5.73. The Kier molecular flexibility index (Phi) is 3.98. The van der Waals surface area contributed by atoms with Gasteiger partial charge in [-0.2, -0.15) is 13.2 Å². The zero-order valence-corrected chi connectivity index (χ0v) is 9.04. The Morgan fingerprint density at radius 3 is 2.59 bits per heavy atom. The first kappa shape index (κ1) is 13.3. The van der Waals surface area contributed by atoms with Gasteiger partial charge in [0.15, 0.2) is 0 Å². The number of carbonyl (C=O) groups excluding carboxylic acids is 1. The number of aromatic hydroxyl groups is 1. The highest BCUT2D eigenvalue weighted by atomic mass is 19.4. The number of halogens is 3. The Hall–Kier alpha value is -1.72. The average molecular weight is 248 g/mol. The third-order valence-corrected chi connectivity index (χ3v) is 2.05. The normalized spacial score (nSPS) is 11.3. The number of alkyl halides is 3. The molecule has 0 radical (unpaired) electrons. The molecule has 0 aliphatic carbocycles. The smallest absolute Gasteiger partial charge is 0.420 e. The SMILES string of the molecule is CCOC(=O)Cc1cccc(O)c1C(F)(F)F. The predicted molar refractivity (Wildman–Crippen MR) is 53.4 cm³/mol. The van der Waals surface area contributed by atoms with E-state index in [9.17, 15) is 23.1 Å². The van der Waals surface area contributed by atoms with Gasteiger partial charge in [0, 0.05) is 0 Å². The number of hydrogen-bond donors (Lipinski definition) is 1. The molecule has 0 saturated carbocycles. The van der Waals surface area contributed by atoms with Gasteiger partial charge < -0.3 is 9.84 Å². The van der Waals surface area contributed by atoms with Crippen LogP contribution in [0.4, 0.5) is 13.2 Å². The Morgan fingerprint density at radius 1 is 1.41 bits per heavy atom. The van der Waals surface area contributed by atoms with E-state index < -0.39 is 29.9 Å². The average Bonchev–Trinajstić information content (AvgIpc) is 2.15. The van der Waals surface area contributed by atoms with E-state index in [0.717, 1.165) is 12.1 Å². The lowest BCUT2D eigenvalue weighted by Crippen LogP contribution is -2.14. The number of rotatable bonds is 3. The standard InChI is InChI=1S/C11H11F3O3/c1-2-17-9(16)6-7-4-3-5-8(15)10(7)11(12,13)14/h3-5,15H,2,6H2,1H3. The molecule has 0 saturated heterocycles. The van der Waals surface area contributed by atoms with E-state index in [-0.39, 0.29) is 12.2 Å². The van der Waals surface area contributed by atoms with Crippen LogP contribution in [0.3, 0.4) is 0 Å². The van der Waals surface area contributed by atoms with E-state index in [2.05, 4.69) is 4.74 Å². The maximum Gasteiger partial charge on any atom is 0.420 e. The molecule has 0 heterocycles. The summed E-state index contributed by atoms with van der Waals surface area (Å²) >= 11 is 0. The predicted octanol–water partition coefficient (Wildman–Crippen LogP) is 2.52. The van der Waals surface area contributed by atoms with Gasteiger partial charge in [-0.15, -0.1) is 0 Å². The van der Waals surface area contributed by atoms with Gasteiger partial charge in [0.2, 0.25) is 0 Å². The molecule has 1 aromatic rings. The van der Waals surface area contributed by atoms with Crippen molar-refractivity contribution in [2.75, 3.05) is 6.61 Å². The lowest BCUT2D eigenvalue weighted by Gasteiger charge is -2.13. The molecule has 3 nitrogen and oxygen atoms in total. The molecule has 1 N–H and O–H groups in total. The van der Waals surface area contributed by atoms with E-state index in [0.29, 0.717) is 0 Å². The van der Waals surface area contributed by atoms with Crippen LogP contribution < -0.4 is 0 Å². The monoisotopic (exact) mass is 248 g/mol. The van der Waals surface area contributed by atoms with Crippen molar-refractivity contribution in [1.82, 2.24) is 0 Å². The van der Waals surface area contributed by atoms with Crippen LogP contribution in [0.15, 0.2) is 18.2 Å². The lowest BCUT2D eigenvalue weighted by atomic mass is 10.0. The number of hydrogen-bond acceptors (Lipinski definition) is 3. The molecule has 1 rings (SSSR count). The molecule has 6 heteroatoms. The van der Waals surface area contributed by atoms with Crippen molar-refractivity contribution in [3.63, 3.8) is 0 Å². The van der Waals surface area contributed by atoms with E-state index in [1.54, 1.807) is 6.92 Å². The first-order chi connectivity index (χ1) is 7.86. The quantitative estimate of drug-likeness (QED) is 0.836. The molecule has 0 spiro atoms. The summed E-state index contributed by atoms with van der Waals surface area (Å²) in [6.07, 6.45) is -5.22. The fourth-order valence-corrected chi connectivity index (χ4v) is 1.43. The van der Waals surface area contributed by atoms with Crippen molar-refractivity contribution in [2.24, 2.45) is 0 Å². The largest absolute Gasteiger partial charge is 0.507 e. The molecular weight excluding hydrogens is 237 g/mol. The minimum Gasteiger partial charge on any atom is -0.507 e. The van der Waals surface area contributed by atoms with Gasteiger partial charge in [0.25, 0.3) is 0 Å². The van der Waals surface area contributed by atoms with Gasteiger partial charge >= 0.3 is 12.1 Å². The molecule has 0 amide bonds. The molecule has 17 heavy (non-hydrogen) atoms. The number of phenols is 1. The van der Waals surface area contributed by atoms with E-state index >= 15 is 0 Å². The summed E-state index contributed by atoms with van der Waals surface area (Å²) in [5.41, 5.74) is -1.48. The number of ether oxygens (including phenoxy) is 1. The van der Waals surface area contributed by atoms with Crippen LogP contribution in [-0.4, -0.2) is 17.7 Å². The summed E-state index contributed by atoms with van der Waals surface area (Å²) in [6.45, 7) is 1.66. The highest BCUT2D eigenvalue weighted by Crippen LogP contribution is 2.38. The lowest BCUT2D eigenvalue weighted by molar-refractivity contribution is -0.143. The van der Waals surface area contributed by atoms with E-state index in [1.807, 2.05) is 0 Å². The van der Waals surface area contributed by atoms with Gasteiger partial charge in [-0.05, 0) is 18.6 Å². The summed E-state index contributed by atoms with van der Waals surface area (Å²) in [5, 5.41) is 9.20. The van der Waals surface area contributed by atoms with Crippen LogP contribution in [0.25, 0.3) is 0 Å². The molecule has 0 aliphatic rings. The van der Waals surface area contributed by atoms with Gasteiger partial charge in [-0.3, -0.25) is 4.79 Å². The molecule has 94 valence electrons. The molecule has 0 aromatic heterocycles. The number of benzene rings is 1. The van der Waals surface area contributed by atoms with Gasteiger partial charge in [0.05, 0.1) is 13.0 Å². The molecule has 1 aromatic carbocycles. The fourth-order valence-electron chi connectivity index (χ4n) is 1.43. The highest BCUT2D eigenvalue weighted by Gasteiger charge is 2.36. The van der Waals surface area contributed by atoms with Crippen molar-refractivity contribution in [1.29, 1.82) is 0 Å². The van der Waals surface area contributed by atoms with Crippen LogP contribution in [0.1, 0.15) is 18.1 Å². The maximum atomic E-state index is 12.6. The van der Waals surface area contributed by atoms with Crippen LogP contribution in [0.2, 0.25) is 0 Å². The molecule has 0 aliphatic heterocycles. The maximum absolute atomic E-state index is 12.6. The zero-order valence-electron chi connectivity index (χ0n) is 9.04. The number of phenolic OH excluding ortho intramolecular Hbond substituents is 1. The third kappa shape index (κ3) is 3.37. The molecule has 0 bridgehead atoms. The first-order valence-electron chi connectivity index (χ1n) is 4.90. The van der Waals surface area contributed by atoms with E-state index in [4.69, 9.17) is 0 Å². The first-order valence-corrected chi connectivity index (χ1v) is 4.90. The Labute approximate surface area is 95.8 Å². The van der Waals surface area contributed by atoms with Gasteiger partial charge in [-0.1, -0.05) is 12.1 Å². The molecule has 0 atom stereocenters. The molecule has 0 fully saturated rings. The van der Waals surface area contributed by atoms with Crippen LogP contribution >= 0.6 is 0 Å². The minimum absolute atomic E-state index is 0.0962. The third-order valence-electron chi connectivity index (χ3n) is 2.05. The summed E-state index contributed by atoms with van der Waals surface area (Å²) < 4.78 is 42.5. The summed E-state index contributed by atoms with van der Waals surface area (Å²) in [7, 11) is 0. The second-order valence-electron chi connectivity index (χ2n) is 3.29. The summed E-state index contributed by atoms with van der Waals surface area (Å²) in [5.74, 6) is -1.65. The van der Waals surface area contributed by atoms with Crippen molar-refractivity contribution in [2.45, 2.75) is 19.5 Å². The number of esters is 1. The molecule has 0 unspecified atom stereocenters. The molecular formula is C11H11F3O3. The van der Waals surface area contributed by atoms with Crippen molar-refractivity contribution >= 4 is 5.97 Å². The topological polar surface area (TPSA) is 46.5 Å². The fraction of sp³-hybridized carbons (Fsp3) is 0.364. The summed E-state index contributed by atoms with van der Waals surface area (Å²) in [6, 6.07) is 3.32. The minimum atomic E-state index is -4.70. The second-order valence-corrected chi connectivity index (χ2v) is 3.29. The zero-order chi connectivity index (χ0) is 13.1. The Morgan fingerprint density at radius 2 is 2.06 bits per heavy atom.